The number of amides is 2. The normalized spacial score (nSPS) is 10.2. The molecule has 0 saturated heterocycles. The Bertz CT molecular complexity index is 131. The van der Waals surface area contributed by atoms with E-state index in [0.29, 0.717) is 12.6 Å². The van der Waals surface area contributed by atoms with Gasteiger partial charge in [-0.05, 0) is 19.8 Å². The molecule has 0 rings (SSSR count). The Morgan fingerprint density at radius 1 is 1.15 bits per heavy atom. The average molecular weight is 186 g/mol. The smallest absolute Gasteiger partial charge is 0.314 e. The molecule has 0 radical (unpaired) electrons. The van der Waals surface area contributed by atoms with Crippen LogP contribution in [-0.2, 0) is 0 Å². The molecule has 0 aromatic heterocycles. The molecular formula is C10H22N2O. The van der Waals surface area contributed by atoms with Gasteiger partial charge in [-0.25, -0.2) is 4.79 Å². The second kappa shape index (κ2) is 7.90. The molecule has 0 aliphatic carbocycles. The molecule has 0 aliphatic heterocycles. The highest BCUT2D eigenvalue weighted by Crippen LogP contribution is 2.03. The molecule has 0 fully saturated rings. The Hall–Kier alpha value is -0.730. The maximum atomic E-state index is 11.2. The van der Waals surface area contributed by atoms with Gasteiger partial charge in [-0.1, -0.05) is 26.7 Å². The van der Waals surface area contributed by atoms with E-state index in [4.69, 9.17) is 0 Å². The molecule has 0 atom stereocenters. The third-order valence-corrected chi connectivity index (χ3v) is 1.95. The molecule has 2 amide bonds. The van der Waals surface area contributed by atoms with Crippen molar-refractivity contribution in [3.8, 4) is 0 Å². The second-order valence-corrected chi connectivity index (χ2v) is 3.28. The molecule has 2 N–H and O–H groups in total. The third-order valence-electron chi connectivity index (χ3n) is 1.95. The summed E-state index contributed by atoms with van der Waals surface area (Å²) < 4.78 is 0. The van der Waals surface area contributed by atoms with Crippen molar-refractivity contribution >= 4 is 6.03 Å². The minimum Gasteiger partial charge on any atom is -0.338 e. The van der Waals surface area contributed by atoms with Crippen LogP contribution in [0.1, 0.15) is 46.5 Å². The molecule has 0 saturated carbocycles. The predicted octanol–water partition coefficient (Wildman–Crippen LogP) is 2.27. The van der Waals surface area contributed by atoms with Gasteiger partial charge in [0.2, 0.25) is 0 Å². The van der Waals surface area contributed by atoms with Crippen LogP contribution >= 0.6 is 0 Å². The van der Waals surface area contributed by atoms with Gasteiger partial charge >= 0.3 is 6.03 Å². The molecule has 0 aliphatic rings. The minimum absolute atomic E-state index is 0.0330. The van der Waals surface area contributed by atoms with Gasteiger partial charge in [0.05, 0.1) is 0 Å². The molecule has 0 aromatic carbocycles. The highest BCUT2D eigenvalue weighted by Gasteiger charge is 2.08. The predicted molar refractivity (Wildman–Crippen MR) is 55.8 cm³/mol. The summed E-state index contributed by atoms with van der Waals surface area (Å²) in [5, 5.41) is 5.71. The molecule has 3 heteroatoms. The first-order valence-electron chi connectivity index (χ1n) is 5.28. The van der Waals surface area contributed by atoms with Crippen molar-refractivity contribution in [2.75, 3.05) is 6.54 Å². The zero-order valence-corrected chi connectivity index (χ0v) is 9.02. The molecule has 0 spiro atoms. The fourth-order valence-corrected chi connectivity index (χ4v) is 1.38. The van der Waals surface area contributed by atoms with E-state index in [1.807, 2.05) is 6.92 Å². The minimum atomic E-state index is -0.0330. The van der Waals surface area contributed by atoms with E-state index >= 15 is 0 Å². The number of urea groups is 1. The standard InChI is InChI=1S/C10H22N2O/c1-4-7-9(8-5-2)12-10(13)11-6-3/h9H,4-8H2,1-3H3,(H2,11,12,13). The lowest BCUT2D eigenvalue weighted by Crippen LogP contribution is -2.41. The summed E-state index contributed by atoms with van der Waals surface area (Å²) in [4.78, 5) is 11.2. The molecule has 0 unspecified atom stereocenters. The van der Waals surface area contributed by atoms with Gasteiger partial charge in [-0.2, -0.15) is 0 Å². The molecule has 0 aromatic rings. The number of nitrogens with one attached hydrogen (secondary N) is 2. The Morgan fingerprint density at radius 2 is 1.69 bits per heavy atom. The van der Waals surface area contributed by atoms with Crippen LogP contribution in [0.15, 0.2) is 0 Å². The summed E-state index contributed by atoms with van der Waals surface area (Å²) >= 11 is 0. The highest BCUT2D eigenvalue weighted by molar-refractivity contribution is 5.74. The Kier molecular flexibility index (Phi) is 7.45. The molecule has 78 valence electrons. The summed E-state index contributed by atoms with van der Waals surface area (Å²) in [5.41, 5.74) is 0. The number of rotatable bonds is 6. The fraction of sp³-hybridized carbons (Fsp3) is 0.900. The Labute approximate surface area is 81.3 Å². The van der Waals surface area contributed by atoms with Crippen molar-refractivity contribution in [2.45, 2.75) is 52.5 Å². The van der Waals surface area contributed by atoms with Crippen LogP contribution in [-0.4, -0.2) is 18.6 Å². The van der Waals surface area contributed by atoms with E-state index < -0.39 is 0 Å². The first-order chi connectivity index (χ1) is 6.24. The quantitative estimate of drug-likeness (QED) is 0.656. The number of carbonyl (C=O) groups excluding carboxylic acids is 1. The molecule has 13 heavy (non-hydrogen) atoms. The maximum absolute atomic E-state index is 11.2. The Balaban J connectivity index is 3.71. The van der Waals surface area contributed by atoms with Gasteiger partial charge in [-0.15, -0.1) is 0 Å². The SMILES string of the molecule is CCCC(CCC)NC(=O)NCC. The Morgan fingerprint density at radius 3 is 2.08 bits per heavy atom. The molecular weight excluding hydrogens is 164 g/mol. The fourth-order valence-electron chi connectivity index (χ4n) is 1.38. The van der Waals surface area contributed by atoms with E-state index in [9.17, 15) is 4.79 Å². The third kappa shape index (κ3) is 6.43. The number of hydrogen-bond acceptors (Lipinski definition) is 1. The van der Waals surface area contributed by atoms with Crippen LogP contribution in [0.25, 0.3) is 0 Å². The van der Waals surface area contributed by atoms with Crippen molar-refractivity contribution in [3.63, 3.8) is 0 Å². The average Bonchev–Trinajstić information content (AvgIpc) is 2.05. The molecule has 0 heterocycles. The van der Waals surface area contributed by atoms with E-state index in [1.165, 1.54) is 0 Å². The van der Waals surface area contributed by atoms with Gasteiger partial charge in [0.1, 0.15) is 0 Å². The van der Waals surface area contributed by atoms with Crippen molar-refractivity contribution in [1.82, 2.24) is 10.6 Å². The number of hydrogen-bond donors (Lipinski definition) is 2. The monoisotopic (exact) mass is 186 g/mol. The van der Waals surface area contributed by atoms with Gasteiger partial charge < -0.3 is 10.6 Å². The first kappa shape index (κ1) is 12.3. The number of carbonyl (C=O) groups is 1. The topological polar surface area (TPSA) is 41.1 Å². The second-order valence-electron chi connectivity index (χ2n) is 3.28. The van der Waals surface area contributed by atoms with Gasteiger partial charge in [0.15, 0.2) is 0 Å². The van der Waals surface area contributed by atoms with Crippen LogP contribution in [0.2, 0.25) is 0 Å². The first-order valence-corrected chi connectivity index (χ1v) is 5.28. The lowest BCUT2D eigenvalue weighted by atomic mass is 10.1. The summed E-state index contributed by atoms with van der Waals surface area (Å²) in [6.45, 7) is 6.90. The summed E-state index contributed by atoms with van der Waals surface area (Å²) in [5.74, 6) is 0. The summed E-state index contributed by atoms with van der Waals surface area (Å²) in [6.07, 6.45) is 4.39. The van der Waals surface area contributed by atoms with E-state index in [0.717, 1.165) is 25.7 Å². The lowest BCUT2D eigenvalue weighted by Gasteiger charge is -2.17. The van der Waals surface area contributed by atoms with Crippen LogP contribution in [0.4, 0.5) is 4.79 Å². The van der Waals surface area contributed by atoms with E-state index in [1.54, 1.807) is 0 Å². The summed E-state index contributed by atoms with van der Waals surface area (Å²) in [6, 6.07) is 0.316. The van der Waals surface area contributed by atoms with Crippen LogP contribution < -0.4 is 10.6 Å². The van der Waals surface area contributed by atoms with Gasteiger partial charge in [0.25, 0.3) is 0 Å². The maximum Gasteiger partial charge on any atom is 0.314 e. The largest absolute Gasteiger partial charge is 0.338 e. The van der Waals surface area contributed by atoms with Crippen LogP contribution in [0.3, 0.4) is 0 Å². The van der Waals surface area contributed by atoms with E-state index in [-0.39, 0.29) is 6.03 Å². The van der Waals surface area contributed by atoms with Crippen molar-refractivity contribution in [3.05, 3.63) is 0 Å². The van der Waals surface area contributed by atoms with Crippen LogP contribution in [0, 0.1) is 0 Å². The van der Waals surface area contributed by atoms with Crippen molar-refractivity contribution in [2.24, 2.45) is 0 Å². The van der Waals surface area contributed by atoms with Gasteiger partial charge in [0, 0.05) is 12.6 Å². The molecule has 3 nitrogen and oxygen atoms in total. The highest BCUT2D eigenvalue weighted by atomic mass is 16.2. The summed E-state index contributed by atoms with van der Waals surface area (Å²) in [7, 11) is 0. The van der Waals surface area contributed by atoms with Crippen LogP contribution in [0.5, 0.6) is 0 Å². The zero-order valence-electron chi connectivity index (χ0n) is 9.02. The van der Waals surface area contributed by atoms with Crippen molar-refractivity contribution in [1.29, 1.82) is 0 Å². The van der Waals surface area contributed by atoms with E-state index in [2.05, 4.69) is 24.5 Å². The molecule has 0 bridgehead atoms. The lowest BCUT2D eigenvalue weighted by molar-refractivity contribution is 0.235. The van der Waals surface area contributed by atoms with Gasteiger partial charge in [-0.3, -0.25) is 0 Å². The van der Waals surface area contributed by atoms with Crippen molar-refractivity contribution < 1.29 is 4.79 Å². The zero-order chi connectivity index (χ0) is 10.1.